The SMILES string of the molecule is Clc1ccc([O][Nd]([O]c2ccc(Cl)cc2)[O]c2ccc(Cl)cc2)cc1. The molecule has 3 rings (SSSR count). The van der Waals surface area contributed by atoms with E-state index in [9.17, 15) is 0 Å². The van der Waals surface area contributed by atoms with Gasteiger partial charge in [-0.2, -0.15) is 0 Å². The van der Waals surface area contributed by atoms with Crippen LogP contribution in [0.5, 0.6) is 17.2 Å². The molecule has 3 aromatic carbocycles. The van der Waals surface area contributed by atoms with E-state index in [0.29, 0.717) is 32.3 Å². The van der Waals surface area contributed by atoms with Crippen LogP contribution in [0, 0.1) is 36.4 Å². The summed E-state index contributed by atoms with van der Waals surface area (Å²) in [5.41, 5.74) is 0. The van der Waals surface area contributed by atoms with E-state index in [0.717, 1.165) is 0 Å². The minimum atomic E-state index is -3.43. The maximum absolute atomic E-state index is 5.98. The minimum absolute atomic E-state index is 0.636. The van der Waals surface area contributed by atoms with Gasteiger partial charge in [0.05, 0.1) is 0 Å². The number of hydrogen-bond acceptors (Lipinski definition) is 3. The fourth-order valence-corrected chi connectivity index (χ4v) is 5.80. The van der Waals surface area contributed by atoms with Gasteiger partial charge in [0.1, 0.15) is 0 Å². The molecule has 0 heterocycles. The van der Waals surface area contributed by atoms with E-state index in [1.807, 2.05) is 0 Å². The van der Waals surface area contributed by atoms with Crippen molar-refractivity contribution >= 4 is 34.8 Å². The molecule has 0 amide bonds. The molecule has 0 unspecified atom stereocenters. The van der Waals surface area contributed by atoms with Crippen LogP contribution in [0.3, 0.4) is 0 Å². The molecule has 0 aliphatic heterocycles. The van der Waals surface area contributed by atoms with E-state index in [1.54, 1.807) is 72.8 Å². The molecule has 0 aromatic heterocycles. The van der Waals surface area contributed by atoms with E-state index < -0.39 is 36.4 Å². The third-order valence-corrected chi connectivity index (χ3v) is 7.67. The van der Waals surface area contributed by atoms with Crippen LogP contribution in [0.15, 0.2) is 72.8 Å². The molecule has 0 fully saturated rings. The fraction of sp³-hybridized carbons (Fsp3) is 0. The van der Waals surface area contributed by atoms with Crippen molar-refractivity contribution < 1.29 is 39.6 Å². The van der Waals surface area contributed by atoms with Crippen molar-refractivity contribution in [2.75, 3.05) is 0 Å². The average molecular weight is 527 g/mol. The van der Waals surface area contributed by atoms with Gasteiger partial charge in [0.15, 0.2) is 0 Å². The first kappa shape index (κ1) is 19.1. The van der Waals surface area contributed by atoms with Gasteiger partial charge in [0.25, 0.3) is 0 Å². The monoisotopic (exact) mass is 523 g/mol. The predicted octanol–water partition coefficient (Wildman–Crippen LogP) is 6.55. The Labute approximate surface area is 177 Å². The Morgan fingerprint density at radius 1 is 0.440 bits per heavy atom. The van der Waals surface area contributed by atoms with Gasteiger partial charge < -0.3 is 0 Å². The van der Waals surface area contributed by atoms with Gasteiger partial charge in [-0.15, -0.1) is 0 Å². The van der Waals surface area contributed by atoms with Gasteiger partial charge in [-0.3, -0.25) is 0 Å². The molecule has 0 atom stereocenters. The maximum atomic E-state index is 5.98. The zero-order chi connectivity index (χ0) is 17.6. The van der Waals surface area contributed by atoms with Crippen LogP contribution in [0.4, 0.5) is 0 Å². The Balaban J connectivity index is 1.77. The molecule has 0 radical (unpaired) electrons. The van der Waals surface area contributed by atoms with Crippen LogP contribution in [-0.4, -0.2) is 0 Å². The first-order chi connectivity index (χ1) is 12.1. The van der Waals surface area contributed by atoms with Crippen LogP contribution >= 0.6 is 34.8 Å². The molecule has 127 valence electrons. The fourth-order valence-electron chi connectivity index (χ4n) is 1.86. The quantitative estimate of drug-likeness (QED) is 0.364. The standard InChI is InChI=1S/3C6H5ClO.Nd/c3*7-5-1-3-6(8)4-2-5;/h3*1-4,8H;/q;;;+3/p-3. The van der Waals surface area contributed by atoms with Crippen LogP contribution < -0.4 is 3.19 Å². The number of halogens is 3. The van der Waals surface area contributed by atoms with Gasteiger partial charge >= 0.3 is 180 Å². The van der Waals surface area contributed by atoms with Crippen molar-refractivity contribution in [3.63, 3.8) is 0 Å². The third-order valence-electron chi connectivity index (χ3n) is 3.04. The van der Waals surface area contributed by atoms with Crippen molar-refractivity contribution in [1.29, 1.82) is 0 Å². The molecule has 0 saturated carbocycles. The second-order valence-corrected chi connectivity index (χ2v) is 9.80. The molecule has 0 N–H and O–H groups in total. The van der Waals surface area contributed by atoms with Crippen LogP contribution in [0.1, 0.15) is 0 Å². The Morgan fingerprint density at radius 2 is 0.680 bits per heavy atom. The molecule has 0 spiro atoms. The first-order valence-electron chi connectivity index (χ1n) is 7.26. The summed E-state index contributed by atoms with van der Waals surface area (Å²) in [5, 5.41) is 1.91. The van der Waals surface area contributed by atoms with Gasteiger partial charge in [-0.1, -0.05) is 0 Å². The number of benzene rings is 3. The Bertz CT molecular complexity index is 696. The zero-order valence-electron chi connectivity index (χ0n) is 12.8. The summed E-state index contributed by atoms with van der Waals surface area (Å²) < 4.78 is 17.9. The van der Waals surface area contributed by atoms with E-state index in [2.05, 4.69) is 0 Å². The summed E-state index contributed by atoms with van der Waals surface area (Å²) in [5.74, 6) is 1.94. The summed E-state index contributed by atoms with van der Waals surface area (Å²) in [7, 11) is 0. The first-order valence-corrected chi connectivity index (χ1v) is 12.3. The molecule has 0 aliphatic carbocycles. The van der Waals surface area contributed by atoms with Crippen molar-refractivity contribution in [2.24, 2.45) is 0 Å². The Morgan fingerprint density at radius 3 is 0.920 bits per heavy atom. The van der Waals surface area contributed by atoms with Crippen molar-refractivity contribution in [3.05, 3.63) is 87.9 Å². The van der Waals surface area contributed by atoms with Gasteiger partial charge in [-0.05, 0) is 0 Å². The van der Waals surface area contributed by atoms with E-state index in [1.165, 1.54) is 0 Å². The number of hydrogen-bond donors (Lipinski definition) is 0. The number of rotatable bonds is 6. The molecule has 0 aliphatic rings. The topological polar surface area (TPSA) is 27.7 Å². The van der Waals surface area contributed by atoms with Crippen LogP contribution in [0.25, 0.3) is 0 Å². The zero-order valence-corrected chi connectivity index (χ0v) is 18.3. The normalized spacial score (nSPS) is 10.2. The molecule has 3 nitrogen and oxygen atoms in total. The summed E-state index contributed by atoms with van der Waals surface area (Å²) in [6, 6.07) is 21.2. The van der Waals surface area contributed by atoms with Gasteiger partial charge in [-0.25, -0.2) is 0 Å². The van der Waals surface area contributed by atoms with Crippen molar-refractivity contribution in [2.45, 2.75) is 0 Å². The molecule has 25 heavy (non-hydrogen) atoms. The molecule has 0 saturated heterocycles. The van der Waals surface area contributed by atoms with Crippen molar-refractivity contribution in [3.8, 4) is 17.2 Å². The van der Waals surface area contributed by atoms with Crippen LogP contribution in [-0.2, 0) is 0 Å². The Hall–Kier alpha value is -0.719. The second kappa shape index (κ2) is 9.28. The predicted molar refractivity (Wildman–Crippen MR) is 96.2 cm³/mol. The molecule has 3 aromatic rings. The summed E-state index contributed by atoms with van der Waals surface area (Å²) in [6.45, 7) is 0. The molecule has 7 heteroatoms. The Kier molecular flexibility index (Phi) is 7.08. The van der Waals surface area contributed by atoms with E-state index in [4.69, 9.17) is 38.0 Å². The summed E-state index contributed by atoms with van der Waals surface area (Å²) >= 11 is 14.3. The third kappa shape index (κ3) is 6.19. The molecule has 0 bridgehead atoms. The summed E-state index contributed by atoms with van der Waals surface area (Å²) in [6.07, 6.45) is 0. The summed E-state index contributed by atoms with van der Waals surface area (Å²) in [4.78, 5) is 0. The van der Waals surface area contributed by atoms with Gasteiger partial charge in [0.2, 0.25) is 0 Å². The molecular weight excluding hydrogens is 515 g/mol. The van der Waals surface area contributed by atoms with Crippen molar-refractivity contribution in [1.82, 2.24) is 0 Å². The van der Waals surface area contributed by atoms with E-state index >= 15 is 0 Å². The molecular formula is C18H12Cl3NdO3. The average Bonchev–Trinajstić information content (AvgIpc) is 2.61. The van der Waals surface area contributed by atoms with Crippen LogP contribution in [0.2, 0.25) is 15.1 Å². The van der Waals surface area contributed by atoms with Gasteiger partial charge in [0, 0.05) is 0 Å². The second-order valence-electron chi connectivity index (χ2n) is 4.92. The van der Waals surface area contributed by atoms with E-state index in [-0.39, 0.29) is 0 Å².